The van der Waals surface area contributed by atoms with Gasteiger partial charge >= 0.3 is 5.97 Å². The fraction of sp³-hybridized carbons (Fsp3) is 0.300. The van der Waals surface area contributed by atoms with Gasteiger partial charge in [0.25, 0.3) is 0 Å². The van der Waals surface area contributed by atoms with E-state index in [9.17, 15) is 14.4 Å². The average Bonchev–Trinajstić information content (AvgIpc) is 3.29. The largest absolute Gasteiger partial charge is 0.475 e. The molecule has 1 aromatic carbocycles. The zero-order valence-corrected chi connectivity index (χ0v) is 16.0. The zero-order chi connectivity index (χ0) is 20.7. The van der Waals surface area contributed by atoms with E-state index < -0.39 is 17.9 Å². The molecular weight excluding hydrogens is 376 g/mol. The van der Waals surface area contributed by atoms with E-state index in [1.807, 2.05) is 6.20 Å². The summed E-state index contributed by atoms with van der Waals surface area (Å²) in [6.07, 6.45) is 4.22. The summed E-state index contributed by atoms with van der Waals surface area (Å²) in [5.74, 6) is -1.96. The number of rotatable bonds is 4. The van der Waals surface area contributed by atoms with Crippen molar-refractivity contribution in [3.63, 3.8) is 0 Å². The number of carboxylic acid groups (broad SMARTS) is 1. The van der Waals surface area contributed by atoms with Crippen molar-refractivity contribution < 1.29 is 23.9 Å². The Balaban J connectivity index is 1.59. The summed E-state index contributed by atoms with van der Waals surface area (Å²) in [6, 6.07) is 5.96. The number of aryl methyl sites for hydroxylation is 1. The monoisotopic (exact) mass is 396 g/mol. The van der Waals surface area contributed by atoms with Crippen LogP contribution >= 0.6 is 0 Å². The molecule has 4 rings (SSSR count). The number of carboxylic acids is 1. The van der Waals surface area contributed by atoms with Crippen LogP contribution in [-0.4, -0.2) is 44.6 Å². The third kappa shape index (κ3) is 3.46. The number of anilines is 1. The quantitative estimate of drug-likeness (QED) is 0.699. The van der Waals surface area contributed by atoms with Crippen LogP contribution in [0.3, 0.4) is 0 Å². The Hall–Kier alpha value is -3.62. The third-order valence-corrected chi connectivity index (χ3v) is 5.26. The Morgan fingerprint density at radius 1 is 1.28 bits per heavy atom. The van der Waals surface area contributed by atoms with E-state index in [1.54, 1.807) is 48.1 Å². The smallest absolute Gasteiger partial charge is 0.371 e. The van der Waals surface area contributed by atoms with E-state index in [0.29, 0.717) is 29.5 Å². The number of piperidine rings is 1. The van der Waals surface area contributed by atoms with Crippen LogP contribution in [0.4, 0.5) is 5.69 Å². The van der Waals surface area contributed by atoms with Gasteiger partial charge in [0.1, 0.15) is 5.58 Å². The molecule has 2 amide bonds. The lowest BCUT2D eigenvalue weighted by molar-refractivity contribution is -0.140. The van der Waals surface area contributed by atoms with Gasteiger partial charge in [-0.2, -0.15) is 5.10 Å². The van der Waals surface area contributed by atoms with Gasteiger partial charge in [0.05, 0.1) is 18.2 Å². The number of hydrogen-bond acceptors (Lipinski definition) is 5. The molecule has 29 heavy (non-hydrogen) atoms. The highest BCUT2D eigenvalue weighted by Gasteiger charge is 2.39. The van der Waals surface area contributed by atoms with Crippen molar-refractivity contribution in [1.82, 2.24) is 14.7 Å². The number of nitrogens with one attached hydrogen (secondary N) is 1. The van der Waals surface area contributed by atoms with Crippen LogP contribution in [0.1, 0.15) is 35.0 Å². The molecular formula is C20H20N4O5. The standard InChI is InChI=1S/C20H20N4O5/c1-23-10-12(9-21-23)18-14(4-6-17(25)24(18)2)19(26)22-13-3-5-15-11(7-13)8-16(29-15)20(27)28/h3,5,7-10,14,18H,4,6H2,1-2H3,(H,22,26)(H,27,28). The van der Waals surface area contributed by atoms with Crippen molar-refractivity contribution in [1.29, 1.82) is 0 Å². The number of amides is 2. The van der Waals surface area contributed by atoms with Crippen molar-refractivity contribution in [3.05, 3.63) is 48.0 Å². The molecule has 0 saturated carbocycles. The molecule has 0 radical (unpaired) electrons. The Bertz CT molecular complexity index is 1120. The van der Waals surface area contributed by atoms with Crippen LogP contribution in [0, 0.1) is 5.92 Å². The molecule has 3 aromatic rings. The van der Waals surface area contributed by atoms with E-state index in [1.165, 1.54) is 6.07 Å². The van der Waals surface area contributed by atoms with E-state index in [-0.39, 0.29) is 17.6 Å². The van der Waals surface area contributed by atoms with Crippen molar-refractivity contribution in [3.8, 4) is 0 Å². The summed E-state index contributed by atoms with van der Waals surface area (Å²) in [5, 5.41) is 16.7. The number of nitrogens with zero attached hydrogens (tertiary/aromatic N) is 3. The van der Waals surface area contributed by atoms with Crippen molar-refractivity contribution in [2.24, 2.45) is 13.0 Å². The molecule has 3 heterocycles. The molecule has 2 N–H and O–H groups in total. The van der Waals surface area contributed by atoms with Crippen LogP contribution in [0.15, 0.2) is 41.1 Å². The number of benzene rings is 1. The summed E-state index contributed by atoms with van der Waals surface area (Å²) in [6.45, 7) is 0. The highest BCUT2D eigenvalue weighted by Crippen LogP contribution is 2.36. The lowest BCUT2D eigenvalue weighted by Crippen LogP contribution is -2.44. The number of hydrogen-bond donors (Lipinski definition) is 2. The number of fused-ring (bicyclic) bond motifs is 1. The Morgan fingerprint density at radius 2 is 2.07 bits per heavy atom. The number of aromatic carboxylic acids is 1. The second-order valence-corrected chi connectivity index (χ2v) is 7.20. The predicted octanol–water partition coefficient (Wildman–Crippen LogP) is 2.41. The molecule has 2 aromatic heterocycles. The molecule has 0 spiro atoms. The first-order valence-electron chi connectivity index (χ1n) is 9.15. The van der Waals surface area contributed by atoms with Crippen LogP contribution in [0.25, 0.3) is 11.0 Å². The molecule has 1 aliphatic heterocycles. The average molecular weight is 396 g/mol. The number of likely N-dealkylation sites (tertiary alicyclic amines) is 1. The van der Waals surface area contributed by atoms with Crippen molar-refractivity contribution in [2.45, 2.75) is 18.9 Å². The van der Waals surface area contributed by atoms with Gasteiger partial charge in [-0.1, -0.05) is 0 Å². The van der Waals surface area contributed by atoms with E-state index >= 15 is 0 Å². The Kier molecular flexibility index (Phi) is 4.57. The van der Waals surface area contributed by atoms with Crippen LogP contribution in [0.2, 0.25) is 0 Å². The van der Waals surface area contributed by atoms with Gasteiger partial charge in [0, 0.05) is 43.4 Å². The SMILES string of the molecule is CN1C(=O)CCC(C(=O)Nc2ccc3oc(C(=O)O)cc3c2)C1c1cnn(C)c1. The number of aromatic nitrogens is 2. The summed E-state index contributed by atoms with van der Waals surface area (Å²) >= 11 is 0. The molecule has 9 heteroatoms. The summed E-state index contributed by atoms with van der Waals surface area (Å²) < 4.78 is 6.89. The van der Waals surface area contributed by atoms with E-state index in [2.05, 4.69) is 10.4 Å². The zero-order valence-electron chi connectivity index (χ0n) is 16.0. The van der Waals surface area contributed by atoms with Gasteiger partial charge in [-0.05, 0) is 30.7 Å². The topological polar surface area (TPSA) is 118 Å². The molecule has 150 valence electrons. The fourth-order valence-electron chi connectivity index (χ4n) is 3.82. The minimum atomic E-state index is -1.15. The van der Waals surface area contributed by atoms with Crippen molar-refractivity contribution in [2.75, 3.05) is 12.4 Å². The predicted molar refractivity (Wildman–Crippen MR) is 103 cm³/mol. The van der Waals surface area contributed by atoms with Gasteiger partial charge in [0.15, 0.2) is 0 Å². The maximum Gasteiger partial charge on any atom is 0.371 e. The van der Waals surface area contributed by atoms with E-state index in [4.69, 9.17) is 9.52 Å². The van der Waals surface area contributed by atoms with Gasteiger partial charge < -0.3 is 19.7 Å². The molecule has 0 aliphatic carbocycles. The number of carbonyl (C=O) groups is 3. The number of furan rings is 1. The molecule has 2 unspecified atom stereocenters. The maximum absolute atomic E-state index is 13.1. The Labute approximate surface area is 165 Å². The second kappa shape index (κ2) is 7.08. The highest BCUT2D eigenvalue weighted by atomic mass is 16.4. The highest BCUT2D eigenvalue weighted by molar-refractivity contribution is 5.97. The summed E-state index contributed by atoms with van der Waals surface area (Å²) in [5.41, 5.74) is 1.76. The van der Waals surface area contributed by atoms with Crippen LogP contribution in [-0.2, 0) is 16.6 Å². The molecule has 1 saturated heterocycles. The van der Waals surface area contributed by atoms with Gasteiger partial charge in [-0.15, -0.1) is 0 Å². The normalized spacial score (nSPS) is 19.5. The van der Waals surface area contributed by atoms with Gasteiger partial charge in [0.2, 0.25) is 17.6 Å². The molecule has 2 atom stereocenters. The van der Waals surface area contributed by atoms with Crippen molar-refractivity contribution >= 4 is 34.4 Å². The fourth-order valence-corrected chi connectivity index (χ4v) is 3.82. The minimum Gasteiger partial charge on any atom is -0.475 e. The first-order valence-corrected chi connectivity index (χ1v) is 9.15. The third-order valence-electron chi connectivity index (χ3n) is 5.26. The van der Waals surface area contributed by atoms with Gasteiger partial charge in [-0.25, -0.2) is 4.79 Å². The van der Waals surface area contributed by atoms with Gasteiger partial charge in [-0.3, -0.25) is 14.3 Å². The first kappa shape index (κ1) is 18.7. The molecule has 1 aliphatic rings. The Morgan fingerprint density at radius 3 is 2.76 bits per heavy atom. The van der Waals surface area contributed by atoms with E-state index in [0.717, 1.165) is 5.56 Å². The second-order valence-electron chi connectivity index (χ2n) is 7.20. The lowest BCUT2D eigenvalue weighted by Gasteiger charge is -2.37. The lowest BCUT2D eigenvalue weighted by atomic mass is 9.85. The minimum absolute atomic E-state index is 0.0103. The molecule has 9 nitrogen and oxygen atoms in total. The summed E-state index contributed by atoms with van der Waals surface area (Å²) in [4.78, 5) is 38.0. The first-order chi connectivity index (χ1) is 13.8. The summed E-state index contributed by atoms with van der Waals surface area (Å²) in [7, 11) is 3.49. The van der Waals surface area contributed by atoms with Crippen LogP contribution in [0.5, 0.6) is 0 Å². The molecule has 1 fully saturated rings. The number of carbonyl (C=O) groups excluding carboxylic acids is 2. The molecule has 0 bridgehead atoms. The maximum atomic E-state index is 13.1. The van der Waals surface area contributed by atoms with Crippen LogP contribution < -0.4 is 5.32 Å².